The van der Waals surface area contributed by atoms with Crippen molar-refractivity contribution in [1.29, 1.82) is 0 Å². The average molecular weight is 343 g/mol. The van der Waals surface area contributed by atoms with Crippen molar-refractivity contribution >= 4 is 29.2 Å². The predicted octanol–water partition coefficient (Wildman–Crippen LogP) is 4.05. The number of hydrogen-bond donors (Lipinski definition) is 0. The third-order valence-electron chi connectivity index (χ3n) is 4.29. The van der Waals surface area contributed by atoms with E-state index in [2.05, 4.69) is 0 Å². The van der Waals surface area contributed by atoms with Crippen molar-refractivity contribution in [2.24, 2.45) is 17.3 Å². The fourth-order valence-corrected chi connectivity index (χ4v) is 3.12. The van der Waals surface area contributed by atoms with E-state index >= 15 is 0 Å². The SMILES string of the molecule is CC1(C)C(C=C(Cl)Cl)C1C(=O)OCc1ccc2c(c1)OCO2. The molecule has 1 heterocycles. The van der Waals surface area contributed by atoms with E-state index in [1.165, 1.54) is 0 Å². The van der Waals surface area contributed by atoms with E-state index in [4.69, 9.17) is 37.4 Å². The van der Waals surface area contributed by atoms with Crippen LogP contribution in [0.3, 0.4) is 0 Å². The highest BCUT2D eigenvalue weighted by atomic mass is 35.5. The molecule has 3 rings (SSSR count). The van der Waals surface area contributed by atoms with Crippen molar-refractivity contribution in [3.05, 3.63) is 34.3 Å². The summed E-state index contributed by atoms with van der Waals surface area (Å²) in [6.45, 7) is 4.42. The van der Waals surface area contributed by atoms with Gasteiger partial charge in [-0.1, -0.05) is 43.1 Å². The van der Waals surface area contributed by atoms with Gasteiger partial charge in [0.2, 0.25) is 6.79 Å². The number of hydrogen-bond acceptors (Lipinski definition) is 4. The smallest absolute Gasteiger partial charge is 0.310 e. The number of ether oxygens (including phenoxy) is 3. The Balaban J connectivity index is 1.60. The highest BCUT2D eigenvalue weighted by molar-refractivity contribution is 6.55. The molecular formula is C16H16Cl2O4. The Hall–Kier alpha value is -1.39. The third-order valence-corrected chi connectivity index (χ3v) is 4.54. The number of rotatable bonds is 4. The van der Waals surface area contributed by atoms with Crippen molar-refractivity contribution in [3.63, 3.8) is 0 Å². The molecule has 1 fully saturated rings. The van der Waals surface area contributed by atoms with E-state index in [1.54, 1.807) is 6.08 Å². The third kappa shape index (κ3) is 2.90. The van der Waals surface area contributed by atoms with Crippen LogP contribution in [0.1, 0.15) is 19.4 Å². The fraction of sp³-hybridized carbons (Fsp3) is 0.438. The van der Waals surface area contributed by atoms with Gasteiger partial charge in [0.25, 0.3) is 0 Å². The second-order valence-corrected chi connectivity index (χ2v) is 7.08. The summed E-state index contributed by atoms with van der Waals surface area (Å²) < 4.78 is 16.1. The molecule has 1 aliphatic heterocycles. The van der Waals surface area contributed by atoms with Crippen LogP contribution in [0.2, 0.25) is 0 Å². The first-order valence-electron chi connectivity index (χ1n) is 6.97. The minimum Gasteiger partial charge on any atom is -0.461 e. The van der Waals surface area contributed by atoms with Crippen LogP contribution < -0.4 is 9.47 Å². The second-order valence-electron chi connectivity index (χ2n) is 6.08. The van der Waals surface area contributed by atoms with E-state index in [9.17, 15) is 4.79 Å². The fourth-order valence-electron chi connectivity index (χ4n) is 2.85. The normalized spacial score (nSPS) is 23.8. The van der Waals surface area contributed by atoms with Gasteiger partial charge in [-0.15, -0.1) is 0 Å². The van der Waals surface area contributed by atoms with Crippen molar-refractivity contribution < 1.29 is 19.0 Å². The Morgan fingerprint density at radius 2 is 2.09 bits per heavy atom. The lowest BCUT2D eigenvalue weighted by Gasteiger charge is -2.06. The molecule has 0 radical (unpaired) electrons. The monoisotopic (exact) mass is 342 g/mol. The maximum absolute atomic E-state index is 12.2. The van der Waals surface area contributed by atoms with Gasteiger partial charge in [0, 0.05) is 0 Å². The molecule has 118 valence electrons. The lowest BCUT2D eigenvalue weighted by molar-refractivity contribution is -0.147. The summed E-state index contributed by atoms with van der Waals surface area (Å²) in [5.41, 5.74) is 0.680. The highest BCUT2D eigenvalue weighted by Gasteiger charge is 2.61. The van der Waals surface area contributed by atoms with Gasteiger partial charge in [0.1, 0.15) is 11.1 Å². The largest absolute Gasteiger partial charge is 0.461 e. The molecule has 0 N–H and O–H groups in total. The first kappa shape index (κ1) is 15.5. The summed E-state index contributed by atoms with van der Waals surface area (Å²) in [6, 6.07) is 5.48. The lowest BCUT2D eigenvalue weighted by Crippen LogP contribution is -2.10. The van der Waals surface area contributed by atoms with Crippen LogP contribution in [0.5, 0.6) is 11.5 Å². The van der Waals surface area contributed by atoms with Gasteiger partial charge in [-0.25, -0.2) is 0 Å². The summed E-state index contributed by atoms with van der Waals surface area (Å²) in [5, 5.41) is 0. The number of halogens is 2. The van der Waals surface area contributed by atoms with Crippen LogP contribution in [0.15, 0.2) is 28.8 Å². The molecule has 2 aliphatic rings. The van der Waals surface area contributed by atoms with Crippen molar-refractivity contribution in [2.45, 2.75) is 20.5 Å². The van der Waals surface area contributed by atoms with Gasteiger partial charge in [-0.3, -0.25) is 4.79 Å². The summed E-state index contributed by atoms with van der Waals surface area (Å²) in [7, 11) is 0. The van der Waals surface area contributed by atoms with Crippen molar-refractivity contribution in [3.8, 4) is 11.5 Å². The van der Waals surface area contributed by atoms with Crippen LogP contribution in [0.25, 0.3) is 0 Å². The molecule has 1 saturated carbocycles. The molecule has 0 amide bonds. The molecular weight excluding hydrogens is 327 g/mol. The van der Waals surface area contributed by atoms with Crippen molar-refractivity contribution in [1.82, 2.24) is 0 Å². The number of carbonyl (C=O) groups excluding carboxylic acids is 1. The van der Waals surface area contributed by atoms with Crippen LogP contribution in [0.4, 0.5) is 0 Å². The summed E-state index contributed by atoms with van der Waals surface area (Å²) >= 11 is 11.4. The van der Waals surface area contributed by atoms with Crippen LogP contribution in [0, 0.1) is 17.3 Å². The van der Waals surface area contributed by atoms with E-state index in [0.717, 1.165) is 5.56 Å². The van der Waals surface area contributed by atoms with Gasteiger partial charge in [-0.05, 0) is 35.1 Å². The van der Waals surface area contributed by atoms with E-state index in [0.29, 0.717) is 11.5 Å². The van der Waals surface area contributed by atoms with E-state index in [-0.39, 0.29) is 41.1 Å². The molecule has 1 aromatic rings. The first-order valence-corrected chi connectivity index (χ1v) is 7.73. The van der Waals surface area contributed by atoms with E-state index < -0.39 is 0 Å². The molecule has 0 saturated heterocycles. The molecule has 2 unspecified atom stereocenters. The minimum absolute atomic E-state index is 0.0155. The van der Waals surface area contributed by atoms with Gasteiger partial charge in [-0.2, -0.15) is 0 Å². The van der Waals surface area contributed by atoms with Crippen LogP contribution >= 0.6 is 23.2 Å². The molecule has 0 spiro atoms. The Bertz CT molecular complexity index is 635. The van der Waals surface area contributed by atoms with E-state index in [1.807, 2.05) is 32.0 Å². The standard InChI is InChI=1S/C16H16Cl2O4/c1-16(2)10(6-13(17)18)14(16)15(19)20-7-9-3-4-11-12(5-9)22-8-21-11/h3-6,10,14H,7-8H2,1-2H3. The Morgan fingerprint density at radius 3 is 2.82 bits per heavy atom. The zero-order chi connectivity index (χ0) is 15.9. The zero-order valence-corrected chi connectivity index (χ0v) is 13.8. The number of esters is 1. The Kier molecular flexibility index (Phi) is 4.00. The number of fused-ring (bicyclic) bond motifs is 1. The molecule has 2 atom stereocenters. The molecule has 6 heteroatoms. The average Bonchev–Trinajstić information content (AvgIpc) is 2.83. The zero-order valence-electron chi connectivity index (χ0n) is 12.3. The quantitative estimate of drug-likeness (QED) is 0.774. The van der Waals surface area contributed by atoms with Crippen LogP contribution in [-0.4, -0.2) is 12.8 Å². The maximum atomic E-state index is 12.2. The maximum Gasteiger partial charge on any atom is 0.310 e. The van der Waals surface area contributed by atoms with Gasteiger partial charge < -0.3 is 14.2 Å². The molecule has 4 nitrogen and oxygen atoms in total. The summed E-state index contributed by atoms with van der Waals surface area (Å²) in [5.74, 6) is 0.949. The first-order chi connectivity index (χ1) is 10.4. The Labute approximate surface area is 138 Å². The number of carbonyl (C=O) groups is 1. The summed E-state index contributed by atoms with van der Waals surface area (Å²) in [4.78, 5) is 12.2. The van der Waals surface area contributed by atoms with Crippen molar-refractivity contribution in [2.75, 3.05) is 6.79 Å². The Morgan fingerprint density at radius 1 is 1.36 bits per heavy atom. The second kappa shape index (κ2) is 5.67. The minimum atomic E-state index is -0.237. The number of benzene rings is 1. The summed E-state index contributed by atoms with van der Waals surface area (Å²) in [6.07, 6.45) is 1.70. The predicted molar refractivity (Wildman–Crippen MR) is 82.9 cm³/mol. The van der Waals surface area contributed by atoms with Gasteiger partial charge >= 0.3 is 5.97 Å². The molecule has 22 heavy (non-hydrogen) atoms. The molecule has 0 bridgehead atoms. The van der Waals surface area contributed by atoms with Gasteiger partial charge in [0.05, 0.1) is 5.92 Å². The number of allylic oxidation sites excluding steroid dienone is 1. The van der Waals surface area contributed by atoms with Gasteiger partial charge in [0.15, 0.2) is 11.5 Å². The highest BCUT2D eigenvalue weighted by Crippen LogP contribution is 2.60. The van der Waals surface area contributed by atoms with Crippen LogP contribution in [-0.2, 0) is 16.1 Å². The molecule has 1 aliphatic carbocycles. The lowest BCUT2D eigenvalue weighted by atomic mass is 10.1. The molecule has 1 aromatic carbocycles. The topological polar surface area (TPSA) is 44.8 Å². The molecule has 0 aromatic heterocycles.